The normalized spacial score (nSPS) is 19.6. The first kappa shape index (κ1) is 34.4. The van der Waals surface area contributed by atoms with Gasteiger partial charge < -0.3 is 25.8 Å². The lowest BCUT2D eigenvalue weighted by molar-refractivity contribution is -0.117. The highest BCUT2D eigenvalue weighted by Crippen LogP contribution is 2.50. The van der Waals surface area contributed by atoms with E-state index in [1.807, 2.05) is 24.4 Å². The van der Waals surface area contributed by atoms with Crippen LogP contribution in [-0.4, -0.2) is 86.8 Å². The predicted octanol–water partition coefficient (Wildman–Crippen LogP) is 5.66. The molecule has 4 fully saturated rings. The number of halogens is 1. The average Bonchev–Trinajstić information content (AvgIpc) is 4.06. The molecular weight excluding hydrogens is 688 g/mol. The minimum Gasteiger partial charge on any atom is -0.364 e. The lowest BCUT2D eigenvalue weighted by Crippen LogP contribution is -2.48. The van der Waals surface area contributed by atoms with E-state index in [4.69, 9.17) is 5.10 Å². The van der Waals surface area contributed by atoms with Gasteiger partial charge in [0.05, 0.1) is 46.6 Å². The summed E-state index contributed by atoms with van der Waals surface area (Å²) >= 11 is 0. The first-order valence-corrected chi connectivity index (χ1v) is 19.3. The number of nitrogens with zero attached hydrogens (tertiary/aromatic N) is 7. The number of para-hydroxylation sites is 1. The Morgan fingerprint density at radius 1 is 0.944 bits per heavy atom. The molecule has 5 aliphatic rings. The van der Waals surface area contributed by atoms with Gasteiger partial charge in [-0.25, -0.2) is 4.39 Å². The Hall–Kier alpha value is -5.37. The van der Waals surface area contributed by atoms with Gasteiger partial charge in [0.25, 0.3) is 11.8 Å². The number of likely N-dealkylation sites (tertiary alicyclic amines) is 2. The van der Waals surface area contributed by atoms with Gasteiger partial charge in [0.15, 0.2) is 11.5 Å². The van der Waals surface area contributed by atoms with Crippen molar-refractivity contribution in [2.45, 2.75) is 76.5 Å². The summed E-state index contributed by atoms with van der Waals surface area (Å²) < 4.78 is 17.2. The highest BCUT2D eigenvalue weighted by Gasteiger charge is 2.39. The third-order valence-corrected chi connectivity index (χ3v) is 11.5. The van der Waals surface area contributed by atoms with E-state index in [2.05, 4.69) is 60.7 Å². The number of anilines is 4. The van der Waals surface area contributed by atoms with Crippen molar-refractivity contribution in [1.29, 1.82) is 0 Å². The van der Waals surface area contributed by atoms with Crippen molar-refractivity contribution >= 4 is 40.6 Å². The van der Waals surface area contributed by atoms with Crippen LogP contribution in [0, 0.1) is 11.7 Å². The fourth-order valence-electron chi connectivity index (χ4n) is 8.25. The third kappa shape index (κ3) is 6.35. The van der Waals surface area contributed by atoms with Gasteiger partial charge in [-0.15, -0.1) is 10.2 Å². The van der Waals surface area contributed by atoms with E-state index in [9.17, 15) is 14.4 Å². The molecule has 4 aromatic rings. The number of hydrogen-bond donors (Lipinski definition) is 3. The Kier molecular flexibility index (Phi) is 8.79. The molecule has 54 heavy (non-hydrogen) atoms. The van der Waals surface area contributed by atoms with E-state index in [1.165, 1.54) is 6.07 Å². The van der Waals surface area contributed by atoms with Gasteiger partial charge in [-0.3, -0.25) is 24.0 Å². The predicted molar refractivity (Wildman–Crippen MR) is 202 cm³/mol. The van der Waals surface area contributed by atoms with Gasteiger partial charge in [0.2, 0.25) is 5.91 Å². The molecule has 3 N–H and O–H groups in total. The average molecular weight is 733 g/mol. The van der Waals surface area contributed by atoms with Crippen LogP contribution in [0.5, 0.6) is 0 Å². The van der Waals surface area contributed by atoms with Crippen molar-refractivity contribution < 1.29 is 18.8 Å². The van der Waals surface area contributed by atoms with Crippen LogP contribution < -0.4 is 20.9 Å². The van der Waals surface area contributed by atoms with Crippen LogP contribution >= 0.6 is 0 Å². The Labute approximate surface area is 313 Å². The van der Waals surface area contributed by atoms with E-state index < -0.39 is 5.82 Å². The smallest absolute Gasteiger partial charge is 0.274 e. The van der Waals surface area contributed by atoms with Gasteiger partial charge >= 0.3 is 0 Å². The molecule has 2 aromatic carbocycles. The molecular formula is C40H45FN10O3. The number of benzene rings is 2. The minimum absolute atomic E-state index is 0.00320. The topological polar surface area (TPSA) is 141 Å². The lowest BCUT2D eigenvalue weighted by Gasteiger charge is -2.43. The van der Waals surface area contributed by atoms with Crippen LogP contribution in [0.15, 0.2) is 48.7 Å². The molecule has 2 saturated carbocycles. The summed E-state index contributed by atoms with van der Waals surface area (Å²) in [5.41, 5.74) is 6.54. The Morgan fingerprint density at radius 3 is 2.46 bits per heavy atom. The molecule has 9 rings (SSSR count). The molecule has 2 saturated heterocycles. The summed E-state index contributed by atoms with van der Waals surface area (Å²) in [7, 11) is 2.08. The number of hydrogen-bond acceptors (Lipinski definition) is 9. The number of rotatable bonds is 11. The SMILES string of the molecule is CCC1c2c(cnn2C2CN(Cc3cccc(F)c3C(=O)N3CCCC3)C2)-c2cccc(Nc3cc(NC(=O)C4CC4)nnc3C(=O)NC3CC3)c2N1C. The highest BCUT2D eigenvalue weighted by atomic mass is 19.1. The molecule has 0 spiro atoms. The van der Waals surface area contributed by atoms with E-state index in [0.29, 0.717) is 31.1 Å². The maximum Gasteiger partial charge on any atom is 0.274 e. The maximum atomic E-state index is 15.1. The molecule has 1 atom stereocenters. The quantitative estimate of drug-likeness (QED) is 0.178. The zero-order chi connectivity index (χ0) is 37.1. The molecule has 13 nitrogen and oxygen atoms in total. The molecule has 2 aliphatic carbocycles. The second-order valence-corrected chi connectivity index (χ2v) is 15.4. The van der Waals surface area contributed by atoms with Gasteiger partial charge in [0, 0.05) is 68.9 Å². The standard InChI is InChI=1S/C40H45FN10O3/c1-3-32-37-28(19-42-51(37)26-21-49(22-26)20-24-8-6-10-29(41)34(24)40(54)50-16-4-5-17-50)27-9-7-11-30(36(27)48(32)2)44-31-18-33(45-38(52)23-12-13-23)46-47-35(31)39(53)43-25-14-15-25/h6-11,18-19,23,25-26,32H,3-5,12-17,20-22H2,1-2H3,(H,43,53)(H2,44,45,46,52). The van der Waals surface area contributed by atoms with Crippen LogP contribution in [-0.2, 0) is 11.3 Å². The van der Waals surface area contributed by atoms with Crippen molar-refractivity contribution in [2.24, 2.45) is 5.92 Å². The van der Waals surface area contributed by atoms with Crippen molar-refractivity contribution in [3.63, 3.8) is 0 Å². The fourth-order valence-corrected chi connectivity index (χ4v) is 8.25. The van der Waals surface area contributed by atoms with Crippen LogP contribution in [0.4, 0.5) is 27.3 Å². The number of nitrogens with one attached hydrogen (secondary N) is 3. The molecule has 3 aliphatic heterocycles. The van der Waals surface area contributed by atoms with Gasteiger partial charge in [0.1, 0.15) is 5.82 Å². The molecule has 280 valence electrons. The van der Waals surface area contributed by atoms with E-state index >= 15 is 4.39 Å². The van der Waals surface area contributed by atoms with E-state index in [0.717, 1.165) is 91.8 Å². The Bertz CT molecular complexity index is 2130. The summed E-state index contributed by atoms with van der Waals surface area (Å²) in [5.74, 6) is -0.759. The lowest BCUT2D eigenvalue weighted by atomic mass is 9.91. The van der Waals surface area contributed by atoms with Crippen LogP contribution in [0.25, 0.3) is 11.1 Å². The molecule has 1 unspecified atom stereocenters. The van der Waals surface area contributed by atoms with E-state index in [-0.39, 0.29) is 53.0 Å². The summed E-state index contributed by atoms with van der Waals surface area (Å²) in [6, 6.07) is 13.0. The first-order valence-electron chi connectivity index (χ1n) is 19.3. The zero-order valence-corrected chi connectivity index (χ0v) is 30.6. The van der Waals surface area contributed by atoms with Crippen molar-refractivity contribution in [3.8, 4) is 11.1 Å². The monoisotopic (exact) mass is 732 g/mol. The molecule has 0 radical (unpaired) electrons. The summed E-state index contributed by atoms with van der Waals surface area (Å²) in [6.07, 6.45) is 8.29. The Morgan fingerprint density at radius 2 is 1.72 bits per heavy atom. The second kappa shape index (κ2) is 13.8. The molecule has 5 heterocycles. The number of carbonyl (C=O) groups is 3. The minimum atomic E-state index is -0.456. The molecule has 3 amide bonds. The first-order chi connectivity index (χ1) is 26.3. The van der Waals surface area contributed by atoms with Crippen LogP contribution in [0.2, 0.25) is 0 Å². The summed E-state index contributed by atoms with van der Waals surface area (Å²) in [4.78, 5) is 45.5. The molecule has 2 aromatic heterocycles. The zero-order valence-electron chi connectivity index (χ0n) is 30.6. The summed E-state index contributed by atoms with van der Waals surface area (Å²) in [6.45, 7) is 5.49. The molecule has 0 bridgehead atoms. The Balaban J connectivity index is 0.977. The maximum absolute atomic E-state index is 15.1. The van der Waals surface area contributed by atoms with Crippen LogP contribution in [0.3, 0.4) is 0 Å². The fraction of sp³-hybridized carbons (Fsp3) is 0.450. The third-order valence-electron chi connectivity index (χ3n) is 11.5. The van der Waals surface area contributed by atoms with Crippen LogP contribution in [0.1, 0.15) is 96.1 Å². The highest BCUT2D eigenvalue weighted by molar-refractivity contribution is 6.01. The summed E-state index contributed by atoms with van der Waals surface area (Å²) in [5, 5.41) is 22.8. The van der Waals surface area contributed by atoms with Gasteiger partial charge in [-0.05, 0) is 62.6 Å². The van der Waals surface area contributed by atoms with Crippen molar-refractivity contribution in [1.82, 2.24) is 35.1 Å². The van der Waals surface area contributed by atoms with Crippen molar-refractivity contribution in [3.05, 3.63) is 77.0 Å². The largest absolute Gasteiger partial charge is 0.364 e. The molecule has 14 heteroatoms. The van der Waals surface area contributed by atoms with Crippen molar-refractivity contribution in [2.75, 3.05) is 48.8 Å². The van der Waals surface area contributed by atoms with Gasteiger partial charge in [-0.2, -0.15) is 5.10 Å². The van der Waals surface area contributed by atoms with E-state index in [1.54, 1.807) is 17.0 Å². The number of amides is 3. The number of carbonyl (C=O) groups excluding carboxylic acids is 3. The second-order valence-electron chi connectivity index (χ2n) is 15.4. The number of aromatic nitrogens is 4. The number of fused-ring (bicyclic) bond motifs is 3. The van der Waals surface area contributed by atoms with Gasteiger partial charge in [-0.1, -0.05) is 31.2 Å².